The second-order valence-electron chi connectivity index (χ2n) is 5.69. The van der Waals surface area contributed by atoms with Crippen LogP contribution in [0, 0.1) is 19.8 Å². The van der Waals surface area contributed by atoms with Crippen molar-refractivity contribution in [3.8, 4) is 0 Å². The highest BCUT2D eigenvalue weighted by Gasteiger charge is 2.40. The topological polar surface area (TPSA) is 52.6 Å². The summed E-state index contributed by atoms with van der Waals surface area (Å²) in [5, 5.41) is 0. The summed E-state index contributed by atoms with van der Waals surface area (Å²) in [6.45, 7) is 7.81. The third-order valence-electron chi connectivity index (χ3n) is 4.23. The Bertz CT molecular complexity index is 589. The third-order valence-corrected chi connectivity index (χ3v) is 4.23. The van der Waals surface area contributed by atoms with Crippen molar-refractivity contribution < 1.29 is 19.1 Å². The highest BCUT2D eigenvalue weighted by atomic mass is 16.5. The van der Waals surface area contributed by atoms with E-state index in [2.05, 4.69) is 0 Å². The van der Waals surface area contributed by atoms with E-state index in [0.29, 0.717) is 6.61 Å². The minimum atomic E-state index is -0.459. The predicted molar refractivity (Wildman–Crippen MR) is 79.5 cm³/mol. The van der Waals surface area contributed by atoms with Gasteiger partial charge < -0.3 is 9.47 Å². The molecule has 0 saturated carbocycles. The van der Waals surface area contributed by atoms with Gasteiger partial charge in [0.1, 0.15) is 6.10 Å². The monoisotopic (exact) mass is 290 g/mol. The first-order chi connectivity index (χ1) is 9.88. The predicted octanol–water partition coefficient (Wildman–Crippen LogP) is 2.93. The van der Waals surface area contributed by atoms with Gasteiger partial charge in [-0.05, 0) is 37.0 Å². The molecule has 0 heterocycles. The SMILES string of the molecule is COCCc1c(C)cc2c(c1C)C(=O)C(C)C2OC(C)=O. The van der Waals surface area contributed by atoms with Gasteiger partial charge in [-0.25, -0.2) is 0 Å². The van der Waals surface area contributed by atoms with Gasteiger partial charge in [0, 0.05) is 25.2 Å². The lowest BCUT2D eigenvalue weighted by Gasteiger charge is -2.17. The number of rotatable bonds is 4. The van der Waals surface area contributed by atoms with E-state index in [1.165, 1.54) is 6.92 Å². The van der Waals surface area contributed by atoms with Crippen molar-refractivity contribution >= 4 is 11.8 Å². The summed E-state index contributed by atoms with van der Waals surface area (Å²) in [6, 6.07) is 1.99. The standard InChI is InChI=1S/C17H22O4/c1-9-8-14-15(10(2)13(9)6-7-20-5)16(19)11(3)17(14)21-12(4)18/h8,11,17H,6-7H2,1-5H3. The number of fused-ring (bicyclic) bond motifs is 1. The van der Waals surface area contributed by atoms with E-state index in [0.717, 1.165) is 34.2 Å². The molecular formula is C17H22O4. The molecule has 0 spiro atoms. The zero-order valence-electron chi connectivity index (χ0n) is 13.3. The molecule has 0 fully saturated rings. The molecule has 2 atom stereocenters. The molecular weight excluding hydrogens is 268 g/mol. The lowest BCUT2D eigenvalue weighted by Crippen LogP contribution is -2.14. The van der Waals surface area contributed by atoms with Crippen molar-refractivity contribution in [1.82, 2.24) is 0 Å². The van der Waals surface area contributed by atoms with Gasteiger partial charge in [-0.15, -0.1) is 0 Å². The minimum absolute atomic E-state index is 0.0624. The number of Topliss-reactive ketones (excluding diaryl/α,β-unsaturated/α-hetero) is 1. The highest BCUT2D eigenvalue weighted by Crippen LogP contribution is 2.42. The summed E-state index contributed by atoms with van der Waals surface area (Å²) in [5.74, 6) is -0.613. The summed E-state index contributed by atoms with van der Waals surface area (Å²) < 4.78 is 10.5. The van der Waals surface area contributed by atoms with E-state index in [-0.39, 0.29) is 17.7 Å². The van der Waals surface area contributed by atoms with E-state index in [1.54, 1.807) is 7.11 Å². The third kappa shape index (κ3) is 2.72. The average Bonchev–Trinajstić information content (AvgIpc) is 2.63. The molecule has 1 aromatic carbocycles. The van der Waals surface area contributed by atoms with Gasteiger partial charge in [0.05, 0.1) is 12.5 Å². The van der Waals surface area contributed by atoms with Crippen LogP contribution in [0.15, 0.2) is 6.07 Å². The van der Waals surface area contributed by atoms with Gasteiger partial charge in [-0.1, -0.05) is 13.0 Å². The van der Waals surface area contributed by atoms with Gasteiger partial charge in [0.15, 0.2) is 5.78 Å². The molecule has 4 nitrogen and oxygen atoms in total. The zero-order valence-corrected chi connectivity index (χ0v) is 13.3. The lowest BCUT2D eigenvalue weighted by atomic mass is 9.92. The summed E-state index contributed by atoms with van der Waals surface area (Å²) in [4.78, 5) is 23.8. The minimum Gasteiger partial charge on any atom is -0.457 e. The molecule has 2 rings (SSSR count). The van der Waals surface area contributed by atoms with E-state index >= 15 is 0 Å². The molecule has 0 N–H and O–H groups in total. The molecule has 0 aliphatic heterocycles. The number of hydrogen-bond acceptors (Lipinski definition) is 4. The van der Waals surface area contributed by atoms with E-state index < -0.39 is 6.10 Å². The average molecular weight is 290 g/mol. The number of ketones is 1. The van der Waals surface area contributed by atoms with Crippen molar-refractivity contribution in [2.75, 3.05) is 13.7 Å². The molecule has 21 heavy (non-hydrogen) atoms. The van der Waals surface area contributed by atoms with E-state index in [9.17, 15) is 9.59 Å². The molecule has 0 saturated heterocycles. The number of aryl methyl sites for hydroxylation is 1. The van der Waals surface area contributed by atoms with Crippen LogP contribution in [0.5, 0.6) is 0 Å². The molecule has 1 aliphatic carbocycles. The van der Waals surface area contributed by atoms with Crippen molar-refractivity contribution in [2.45, 2.75) is 40.2 Å². The van der Waals surface area contributed by atoms with Crippen molar-refractivity contribution in [3.05, 3.63) is 33.9 Å². The van der Waals surface area contributed by atoms with Crippen LogP contribution in [0.25, 0.3) is 0 Å². The molecule has 4 heteroatoms. The Hall–Kier alpha value is -1.68. The summed E-state index contributed by atoms with van der Waals surface area (Å²) in [7, 11) is 1.67. The normalized spacial score (nSPS) is 20.5. The Balaban J connectivity index is 2.52. The number of carbonyl (C=O) groups excluding carboxylic acids is 2. The fourth-order valence-corrected chi connectivity index (χ4v) is 3.17. The fraction of sp³-hybridized carbons (Fsp3) is 0.529. The van der Waals surface area contributed by atoms with Crippen LogP contribution in [0.3, 0.4) is 0 Å². The van der Waals surface area contributed by atoms with E-state index in [4.69, 9.17) is 9.47 Å². The molecule has 0 amide bonds. The molecule has 114 valence electrons. The second kappa shape index (κ2) is 5.98. The maximum Gasteiger partial charge on any atom is 0.303 e. The van der Waals surface area contributed by atoms with Gasteiger partial charge in [0.2, 0.25) is 0 Å². The summed E-state index contributed by atoms with van der Waals surface area (Å²) in [5.41, 5.74) is 4.83. The number of methoxy groups -OCH3 is 1. The molecule has 2 unspecified atom stereocenters. The second-order valence-corrected chi connectivity index (χ2v) is 5.69. The highest BCUT2D eigenvalue weighted by molar-refractivity contribution is 6.04. The van der Waals surface area contributed by atoms with E-state index in [1.807, 2.05) is 26.8 Å². The Kier molecular flexibility index (Phi) is 4.47. The quantitative estimate of drug-likeness (QED) is 0.800. The van der Waals surface area contributed by atoms with Crippen molar-refractivity contribution in [2.24, 2.45) is 5.92 Å². The zero-order chi connectivity index (χ0) is 15.7. The molecule has 0 bridgehead atoms. The molecule has 1 aromatic rings. The number of benzene rings is 1. The van der Waals surface area contributed by atoms with Crippen molar-refractivity contribution in [3.63, 3.8) is 0 Å². The van der Waals surface area contributed by atoms with Crippen LogP contribution < -0.4 is 0 Å². The Morgan fingerprint density at radius 3 is 2.57 bits per heavy atom. The maximum absolute atomic E-state index is 12.5. The first kappa shape index (κ1) is 15.7. The fourth-order valence-electron chi connectivity index (χ4n) is 3.17. The first-order valence-corrected chi connectivity index (χ1v) is 7.21. The number of carbonyl (C=O) groups is 2. The first-order valence-electron chi connectivity index (χ1n) is 7.21. The summed E-state index contributed by atoms with van der Waals surface area (Å²) in [6.07, 6.45) is 0.320. The van der Waals surface area contributed by atoms with Crippen molar-refractivity contribution in [1.29, 1.82) is 0 Å². The Labute approximate surface area is 125 Å². The van der Waals surface area contributed by atoms with Crippen LogP contribution in [0.4, 0.5) is 0 Å². The summed E-state index contributed by atoms with van der Waals surface area (Å²) >= 11 is 0. The molecule has 0 aromatic heterocycles. The van der Waals surface area contributed by atoms with Crippen LogP contribution in [-0.4, -0.2) is 25.5 Å². The Morgan fingerprint density at radius 2 is 2.00 bits per heavy atom. The number of ether oxygens (including phenoxy) is 2. The van der Waals surface area contributed by atoms with Gasteiger partial charge in [-0.2, -0.15) is 0 Å². The Morgan fingerprint density at radius 1 is 1.33 bits per heavy atom. The van der Waals surface area contributed by atoms with Crippen LogP contribution in [0.2, 0.25) is 0 Å². The molecule has 1 aliphatic rings. The number of hydrogen-bond donors (Lipinski definition) is 0. The van der Waals surface area contributed by atoms with Gasteiger partial charge in [-0.3, -0.25) is 9.59 Å². The number of esters is 1. The molecule has 0 radical (unpaired) electrons. The van der Waals surface area contributed by atoms with Crippen LogP contribution in [-0.2, 0) is 20.7 Å². The smallest absolute Gasteiger partial charge is 0.303 e. The van der Waals surface area contributed by atoms with Gasteiger partial charge in [0.25, 0.3) is 0 Å². The maximum atomic E-state index is 12.5. The lowest BCUT2D eigenvalue weighted by molar-refractivity contribution is -0.147. The van der Waals surface area contributed by atoms with Crippen LogP contribution >= 0.6 is 0 Å². The van der Waals surface area contributed by atoms with Crippen LogP contribution in [0.1, 0.15) is 52.6 Å². The van der Waals surface area contributed by atoms with Gasteiger partial charge >= 0.3 is 5.97 Å². The largest absolute Gasteiger partial charge is 0.457 e.